The largest absolute Gasteiger partial charge is 0.311 e. The molecule has 1 N–H and O–H groups in total. The Bertz CT molecular complexity index is 165. The molecule has 0 amide bonds. The highest BCUT2D eigenvalue weighted by atomic mass is 32.2. The number of nitrogens with zero attached hydrogens (tertiary/aromatic N) is 1. The summed E-state index contributed by atoms with van der Waals surface area (Å²) in [4.78, 5) is 2.59. The van der Waals surface area contributed by atoms with Gasteiger partial charge in [-0.1, -0.05) is 0 Å². The summed E-state index contributed by atoms with van der Waals surface area (Å²) in [6, 6.07) is 0.760. The molecule has 3 heteroatoms. The Labute approximate surface area is 92.8 Å². The molecule has 0 bridgehead atoms. The fourth-order valence-corrected chi connectivity index (χ4v) is 2.75. The highest BCUT2D eigenvalue weighted by Gasteiger charge is 2.18. The normalized spacial score (nSPS) is 25.3. The quantitative estimate of drug-likeness (QED) is 0.774. The second kappa shape index (κ2) is 5.38. The Morgan fingerprint density at radius 2 is 2.14 bits per heavy atom. The highest BCUT2D eigenvalue weighted by Crippen LogP contribution is 2.15. The molecule has 1 aliphatic heterocycles. The van der Waals surface area contributed by atoms with E-state index in [0.29, 0.717) is 0 Å². The van der Waals surface area contributed by atoms with Gasteiger partial charge >= 0.3 is 0 Å². The lowest BCUT2D eigenvalue weighted by molar-refractivity contribution is 0.224. The summed E-state index contributed by atoms with van der Waals surface area (Å²) in [6.07, 6.45) is 0. The van der Waals surface area contributed by atoms with Crippen LogP contribution in [0.4, 0.5) is 0 Å². The summed E-state index contributed by atoms with van der Waals surface area (Å²) >= 11 is 2.08. The van der Waals surface area contributed by atoms with Gasteiger partial charge in [-0.3, -0.25) is 4.90 Å². The molecule has 0 radical (unpaired) electrons. The molecule has 1 aliphatic rings. The Kier molecular flexibility index (Phi) is 4.74. The minimum atomic E-state index is 0.258. The zero-order valence-corrected chi connectivity index (χ0v) is 10.8. The molecule has 1 unspecified atom stereocenters. The van der Waals surface area contributed by atoms with Crippen LogP contribution in [-0.4, -0.2) is 47.6 Å². The fraction of sp³-hybridized carbons (Fsp3) is 1.00. The maximum atomic E-state index is 3.54. The lowest BCUT2D eigenvalue weighted by atomic mass is 10.1. The van der Waals surface area contributed by atoms with Gasteiger partial charge in [-0.15, -0.1) is 0 Å². The summed E-state index contributed by atoms with van der Waals surface area (Å²) in [5.74, 6) is 2.61. The van der Waals surface area contributed by atoms with E-state index in [9.17, 15) is 0 Å². The number of hydrogen-bond donors (Lipinski definition) is 1. The predicted octanol–water partition coefficient (Wildman–Crippen LogP) is 1.81. The molecule has 0 aromatic rings. The van der Waals surface area contributed by atoms with Gasteiger partial charge in [-0.25, -0.2) is 0 Å². The maximum absolute atomic E-state index is 3.54. The standard InChI is InChI=1S/C11H24N2S/c1-10-9-14-8-7-13(10)6-5-12-11(2,3)4/h10,12H,5-9H2,1-4H3. The zero-order valence-electron chi connectivity index (χ0n) is 9.97. The molecule has 1 fully saturated rings. The molecule has 84 valence electrons. The van der Waals surface area contributed by atoms with Gasteiger partial charge in [0.25, 0.3) is 0 Å². The molecule has 0 aromatic heterocycles. The van der Waals surface area contributed by atoms with Crippen molar-refractivity contribution in [2.75, 3.05) is 31.1 Å². The van der Waals surface area contributed by atoms with Crippen LogP contribution < -0.4 is 5.32 Å². The topological polar surface area (TPSA) is 15.3 Å². The lowest BCUT2D eigenvalue weighted by Gasteiger charge is -2.34. The van der Waals surface area contributed by atoms with Crippen molar-refractivity contribution in [2.45, 2.75) is 39.3 Å². The second-order valence-corrected chi connectivity index (χ2v) is 6.29. The number of rotatable bonds is 3. The Morgan fingerprint density at radius 1 is 1.43 bits per heavy atom. The highest BCUT2D eigenvalue weighted by molar-refractivity contribution is 7.99. The summed E-state index contributed by atoms with van der Waals surface area (Å²) in [6.45, 7) is 12.6. The van der Waals surface area contributed by atoms with Gasteiger partial charge in [-0.05, 0) is 27.7 Å². The molecule has 1 saturated heterocycles. The minimum absolute atomic E-state index is 0.258. The van der Waals surface area contributed by atoms with E-state index >= 15 is 0 Å². The van der Waals surface area contributed by atoms with E-state index in [1.54, 1.807) is 0 Å². The Hall–Kier alpha value is 0.270. The average molecular weight is 216 g/mol. The first kappa shape index (κ1) is 12.3. The molecule has 0 aromatic carbocycles. The van der Waals surface area contributed by atoms with Crippen molar-refractivity contribution >= 4 is 11.8 Å². The molecule has 0 aliphatic carbocycles. The van der Waals surface area contributed by atoms with Crippen LogP contribution in [0.5, 0.6) is 0 Å². The van der Waals surface area contributed by atoms with Gasteiger partial charge < -0.3 is 5.32 Å². The van der Waals surface area contributed by atoms with E-state index in [1.165, 1.54) is 24.6 Å². The maximum Gasteiger partial charge on any atom is 0.0158 e. The van der Waals surface area contributed by atoms with Crippen molar-refractivity contribution in [3.8, 4) is 0 Å². The Morgan fingerprint density at radius 3 is 2.71 bits per heavy atom. The average Bonchev–Trinajstić information content (AvgIpc) is 2.06. The van der Waals surface area contributed by atoms with Gasteiger partial charge in [-0.2, -0.15) is 11.8 Å². The van der Waals surface area contributed by atoms with E-state index in [0.717, 1.165) is 12.6 Å². The van der Waals surface area contributed by atoms with Crippen molar-refractivity contribution in [3.63, 3.8) is 0 Å². The fourth-order valence-electron chi connectivity index (χ4n) is 1.67. The van der Waals surface area contributed by atoms with Gasteiger partial charge in [0, 0.05) is 42.7 Å². The third kappa shape index (κ3) is 4.67. The van der Waals surface area contributed by atoms with E-state index < -0.39 is 0 Å². The van der Waals surface area contributed by atoms with Gasteiger partial charge in [0.05, 0.1) is 0 Å². The van der Waals surface area contributed by atoms with E-state index in [2.05, 4.69) is 49.7 Å². The summed E-state index contributed by atoms with van der Waals surface area (Å²) in [5.41, 5.74) is 0.258. The van der Waals surface area contributed by atoms with Crippen LogP contribution in [0.3, 0.4) is 0 Å². The van der Waals surface area contributed by atoms with Crippen molar-refractivity contribution in [1.82, 2.24) is 10.2 Å². The van der Waals surface area contributed by atoms with E-state index in [-0.39, 0.29) is 5.54 Å². The van der Waals surface area contributed by atoms with E-state index in [4.69, 9.17) is 0 Å². The van der Waals surface area contributed by atoms with Crippen LogP contribution in [0.1, 0.15) is 27.7 Å². The predicted molar refractivity (Wildman–Crippen MR) is 66.1 cm³/mol. The minimum Gasteiger partial charge on any atom is -0.311 e. The summed E-state index contributed by atoms with van der Waals surface area (Å²) < 4.78 is 0. The molecule has 1 atom stereocenters. The third-order valence-electron chi connectivity index (χ3n) is 2.56. The van der Waals surface area contributed by atoms with Crippen molar-refractivity contribution in [3.05, 3.63) is 0 Å². The van der Waals surface area contributed by atoms with Gasteiger partial charge in [0.2, 0.25) is 0 Å². The SMILES string of the molecule is CC1CSCCN1CCNC(C)(C)C. The van der Waals surface area contributed by atoms with E-state index in [1.807, 2.05) is 0 Å². The zero-order chi connectivity index (χ0) is 10.6. The first-order valence-corrected chi connectivity index (χ1v) is 6.71. The molecule has 0 saturated carbocycles. The number of thioether (sulfide) groups is 1. The molecule has 14 heavy (non-hydrogen) atoms. The second-order valence-electron chi connectivity index (χ2n) is 5.14. The molecule has 1 heterocycles. The number of nitrogens with one attached hydrogen (secondary N) is 1. The molecular weight excluding hydrogens is 192 g/mol. The van der Waals surface area contributed by atoms with Crippen molar-refractivity contribution in [1.29, 1.82) is 0 Å². The van der Waals surface area contributed by atoms with Gasteiger partial charge in [0.1, 0.15) is 0 Å². The monoisotopic (exact) mass is 216 g/mol. The van der Waals surface area contributed by atoms with Crippen LogP contribution >= 0.6 is 11.8 Å². The van der Waals surface area contributed by atoms with Crippen molar-refractivity contribution in [2.24, 2.45) is 0 Å². The lowest BCUT2D eigenvalue weighted by Crippen LogP contribution is -2.46. The molecule has 1 rings (SSSR count). The van der Waals surface area contributed by atoms with Crippen LogP contribution in [0, 0.1) is 0 Å². The summed E-state index contributed by atoms with van der Waals surface area (Å²) in [5, 5.41) is 3.54. The van der Waals surface area contributed by atoms with Crippen LogP contribution in [0.2, 0.25) is 0 Å². The van der Waals surface area contributed by atoms with Crippen molar-refractivity contribution < 1.29 is 0 Å². The smallest absolute Gasteiger partial charge is 0.0158 e. The Balaban J connectivity index is 2.17. The van der Waals surface area contributed by atoms with Gasteiger partial charge in [0.15, 0.2) is 0 Å². The van der Waals surface area contributed by atoms with Crippen LogP contribution in [0.15, 0.2) is 0 Å². The van der Waals surface area contributed by atoms with Crippen LogP contribution in [0.25, 0.3) is 0 Å². The number of hydrogen-bond acceptors (Lipinski definition) is 3. The molecule has 2 nitrogen and oxygen atoms in total. The first-order valence-electron chi connectivity index (χ1n) is 5.56. The summed E-state index contributed by atoms with van der Waals surface area (Å²) in [7, 11) is 0. The van der Waals surface area contributed by atoms with Crippen LogP contribution in [-0.2, 0) is 0 Å². The first-order chi connectivity index (χ1) is 6.49. The molecular formula is C11H24N2S. The molecule has 0 spiro atoms. The third-order valence-corrected chi connectivity index (χ3v) is 3.75.